The lowest BCUT2D eigenvalue weighted by Crippen LogP contribution is -2.47. The first-order chi connectivity index (χ1) is 8.34. The van der Waals surface area contributed by atoms with Crippen LogP contribution >= 0.6 is 11.3 Å². The van der Waals surface area contributed by atoms with Crippen molar-refractivity contribution in [2.75, 3.05) is 26.7 Å². The number of hydrogen-bond acceptors (Lipinski definition) is 5. The van der Waals surface area contributed by atoms with E-state index in [2.05, 4.69) is 22.2 Å². The Morgan fingerprint density at radius 2 is 2.47 bits per heavy atom. The Bertz CT molecular complexity index is 353. The van der Waals surface area contributed by atoms with Gasteiger partial charge in [0.25, 0.3) is 0 Å². The maximum Gasteiger partial charge on any atom is 0.0905 e. The van der Waals surface area contributed by atoms with Crippen LogP contribution in [0.25, 0.3) is 0 Å². The van der Waals surface area contributed by atoms with Crippen molar-refractivity contribution >= 4 is 11.3 Å². The van der Waals surface area contributed by atoms with Gasteiger partial charge in [-0.25, -0.2) is 0 Å². The van der Waals surface area contributed by atoms with Crippen LogP contribution in [0.2, 0.25) is 0 Å². The van der Waals surface area contributed by atoms with E-state index in [9.17, 15) is 0 Å². The van der Waals surface area contributed by atoms with Crippen molar-refractivity contribution in [2.45, 2.75) is 31.0 Å². The van der Waals surface area contributed by atoms with E-state index < -0.39 is 0 Å². The van der Waals surface area contributed by atoms with Crippen LogP contribution in [0.4, 0.5) is 0 Å². The fraction of sp³-hybridized carbons (Fsp3) is 0.750. The van der Waals surface area contributed by atoms with Crippen molar-refractivity contribution < 1.29 is 4.74 Å². The largest absolute Gasteiger partial charge is 0.374 e. The Morgan fingerprint density at radius 1 is 1.59 bits per heavy atom. The third kappa shape index (κ3) is 2.68. The third-order valence-corrected chi connectivity index (χ3v) is 4.38. The number of hydrogen-bond donors (Lipinski definition) is 1. The van der Waals surface area contributed by atoms with Gasteiger partial charge in [0.1, 0.15) is 0 Å². The molecule has 0 aromatic carbocycles. The molecule has 2 atom stereocenters. The molecule has 1 aromatic heterocycles. The first-order valence-corrected chi connectivity index (χ1v) is 7.16. The fourth-order valence-electron chi connectivity index (χ4n) is 2.38. The van der Waals surface area contributed by atoms with E-state index in [4.69, 9.17) is 4.74 Å². The van der Waals surface area contributed by atoms with E-state index in [1.54, 1.807) is 11.3 Å². The molecule has 1 aliphatic heterocycles. The number of morpholine rings is 1. The monoisotopic (exact) mass is 253 g/mol. The summed E-state index contributed by atoms with van der Waals surface area (Å²) < 4.78 is 5.94. The molecule has 1 N–H and O–H groups in total. The lowest BCUT2D eigenvalue weighted by Gasteiger charge is -2.38. The Hall–Kier alpha value is -0.490. The van der Waals surface area contributed by atoms with Crippen LogP contribution in [0.5, 0.6) is 0 Å². The molecule has 0 spiro atoms. The van der Waals surface area contributed by atoms with Crippen molar-refractivity contribution in [3.8, 4) is 0 Å². The molecule has 94 valence electrons. The van der Waals surface area contributed by atoms with Gasteiger partial charge in [-0.3, -0.25) is 9.88 Å². The Kier molecular flexibility index (Phi) is 3.42. The second kappa shape index (κ2) is 5.02. The lowest BCUT2D eigenvalue weighted by atomic mass is 10.1. The summed E-state index contributed by atoms with van der Waals surface area (Å²) >= 11 is 1.73. The van der Waals surface area contributed by atoms with Gasteiger partial charge in [0, 0.05) is 30.2 Å². The highest BCUT2D eigenvalue weighted by molar-refractivity contribution is 7.09. The molecular formula is C12H19N3OS. The summed E-state index contributed by atoms with van der Waals surface area (Å²) in [6, 6.07) is 1.11. The van der Waals surface area contributed by atoms with Crippen LogP contribution in [-0.4, -0.2) is 48.8 Å². The van der Waals surface area contributed by atoms with E-state index in [0.717, 1.165) is 25.7 Å². The Balaban J connectivity index is 1.69. The van der Waals surface area contributed by atoms with Crippen LogP contribution in [0.1, 0.15) is 23.8 Å². The van der Waals surface area contributed by atoms with Crippen molar-refractivity contribution in [1.29, 1.82) is 0 Å². The van der Waals surface area contributed by atoms with Crippen molar-refractivity contribution in [2.24, 2.45) is 0 Å². The zero-order valence-corrected chi connectivity index (χ0v) is 10.9. The summed E-state index contributed by atoms with van der Waals surface area (Å²) in [5, 5.41) is 3.57. The molecule has 2 unspecified atom stereocenters. The summed E-state index contributed by atoms with van der Waals surface area (Å²) in [5.74, 6) is 0. The highest BCUT2D eigenvalue weighted by atomic mass is 32.1. The molecule has 5 heteroatoms. The molecule has 1 saturated carbocycles. The van der Waals surface area contributed by atoms with Gasteiger partial charge in [-0.05, 0) is 19.9 Å². The summed E-state index contributed by atoms with van der Waals surface area (Å²) in [7, 11) is 2.18. The fourth-order valence-corrected chi connectivity index (χ4v) is 3.21. The van der Waals surface area contributed by atoms with Gasteiger partial charge in [0.2, 0.25) is 0 Å². The second-order valence-corrected chi connectivity index (χ2v) is 5.84. The molecule has 3 rings (SSSR count). The number of thiazole rings is 1. The number of ether oxygens (including phenoxy) is 1. The summed E-state index contributed by atoms with van der Waals surface area (Å²) in [6.07, 6.45) is 4.89. The third-order valence-electron chi connectivity index (χ3n) is 3.53. The van der Waals surface area contributed by atoms with Gasteiger partial charge >= 0.3 is 0 Å². The first kappa shape index (κ1) is 11.6. The average Bonchev–Trinajstić information content (AvgIpc) is 3.01. The minimum Gasteiger partial charge on any atom is -0.374 e. The van der Waals surface area contributed by atoms with Crippen LogP contribution < -0.4 is 5.32 Å². The topological polar surface area (TPSA) is 37.4 Å². The normalized spacial score (nSPS) is 30.6. The van der Waals surface area contributed by atoms with Crippen LogP contribution in [0.3, 0.4) is 0 Å². The van der Waals surface area contributed by atoms with E-state index in [-0.39, 0.29) is 6.10 Å². The lowest BCUT2D eigenvalue weighted by molar-refractivity contribution is -0.0604. The first-order valence-electron chi connectivity index (χ1n) is 6.28. The Labute approximate surface area is 106 Å². The SMILES string of the molecule is CN1CCOC(CNC2CC2)C1c1cncs1. The number of nitrogens with one attached hydrogen (secondary N) is 1. The van der Waals surface area contributed by atoms with Crippen molar-refractivity contribution in [3.05, 3.63) is 16.6 Å². The van der Waals surface area contributed by atoms with E-state index >= 15 is 0 Å². The van der Waals surface area contributed by atoms with Crippen LogP contribution in [0, 0.1) is 0 Å². The van der Waals surface area contributed by atoms with Crippen LogP contribution in [-0.2, 0) is 4.74 Å². The Morgan fingerprint density at radius 3 is 3.18 bits per heavy atom. The molecule has 1 aliphatic carbocycles. The van der Waals surface area contributed by atoms with Gasteiger partial charge in [-0.15, -0.1) is 11.3 Å². The zero-order chi connectivity index (χ0) is 11.7. The molecule has 4 nitrogen and oxygen atoms in total. The molecule has 1 aromatic rings. The maximum absolute atomic E-state index is 5.94. The molecule has 0 bridgehead atoms. The summed E-state index contributed by atoms with van der Waals surface area (Å²) in [5.41, 5.74) is 1.91. The molecule has 2 aliphatic rings. The summed E-state index contributed by atoms with van der Waals surface area (Å²) in [6.45, 7) is 2.79. The van der Waals surface area contributed by atoms with Gasteiger partial charge in [-0.1, -0.05) is 0 Å². The predicted octanol–water partition coefficient (Wildman–Crippen LogP) is 1.27. The molecule has 0 radical (unpaired) electrons. The number of rotatable bonds is 4. The minimum atomic E-state index is 0.259. The van der Waals surface area contributed by atoms with Crippen LogP contribution in [0.15, 0.2) is 11.7 Å². The zero-order valence-electron chi connectivity index (χ0n) is 10.1. The van der Waals surface area contributed by atoms with Crippen molar-refractivity contribution in [1.82, 2.24) is 15.2 Å². The van der Waals surface area contributed by atoms with Gasteiger partial charge in [-0.2, -0.15) is 0 Å². The standard InChI is InChI=1S/C12H19N3OS/c1-15-4-5-16-10(6-14-9-2-3-9)12(15)11-7-13-8-17-11/h7-10,12,14H,2-6H2,1H3. The van der Waals surface area contributed by atoms with Gasteiger partial charge in [0.05, 0.1) is 24.3 Å². The number of likely N-dealkylation sites (N-methyl/N-ethyl adjacent to an activating group) is 1. The highest BCUT2D eigenvalue weighted by Crippen LogP contribution is 2.31. The van der Waals surface area contributed by atoms with E-state index in [1.165, 1.54) is 17.7 Å². The predicted molar refractivity (Wildman–Crippen MR) is 68.2 cm³/mol. The maximum atomic E-state index is 5.94. The van der Waals surface area contributed by atoms with E-state index in [1.807, 2.05) is 11.7 Å². The molecule has 2 fully saturated rings. The summed E-state index contributed by atoms with van der Waals surface area (Å²) in [4.78, 5) is 7.89. The quantitative estimate of drug-likeness (QED) is 0.877. The number of nitrogens with zero attached hydrogens (tertiary/aromatic N) is 2. The smallest absolute Gasteiger partial charge is 0.0905 e. The molecule has 0 amide bonds. The molecule has 1 saturated heterocycles. The number of aromatic nitrogens is 1. The van der Waals surface area contributed by atoms with Gasteiger partial charge < -0.3 is 10.1 Å². The highest BCUT2D eigenvalue weighted by Gasteiger charge is 2.33. The molecular weight excluding hydrogens is 234 g/mol. The van der Waals surface area contributed by atoms with Gasteiger partial charge in [0.15, 0.2) is 0 Å². The van der Waals surface area contributed by atoms with Crippen molar-refractivity contribution in [3.63, 3.8) is 0 Å². The molecule has 17 heavy (non-hydrogen) atoms. The van der Waals surface area contributed by atoms with E-state index in [0.29, 0.717) is 6.04 Å². The molecule has 2 heterocycles. The second-order valence-electron chi connectivity index (χ2n) is 4.92. The minimum absolute atomic E-state index is 0.259. The average molecular weight is 253 g/mol.